The quantitative estimate of drug-likeness (QED) is 0.836. The van der Waals surface area contributed by atoms with Gasteiger partial charge in [0.15, 0.2) is 0 Å². The number of aliphatic hydroxyl groups excluding tert-OH is 1. The van der Waals surface area contributed by atoms with Crippen LogP contribution in [-0.4, -0.2) is 84.2 Å². The van der Waals surface area contributed by atoms with E-state index in [1.165, 1.54) is 5.56 Å². The average molecular weight is 360 g/mol. The number of aliphatic hydroxyl groups is 1. The number of piperidine rings is 1. The molecule has 1 N–H and O–H groups in total. The molecule has 5 heteroatoms. The molecule has 0 aromatic heterocycles. The van der Waals surface area contributed by atoms with E-state index >= 15 is 0 Å². The zero-order valence-corrected chi connectivity index (χ0v) is 16.0. The fourth-order valence-electron chi connectivity index (χ4n) is 4.13. The van der Waals surface area contributed by atoms with Crippen LogP contribution in [0.15, 0.2) is 30.3 Å². The number of rotatable bonds is 6. The largest absolute Gasteiger partial charge is 0.392 e. The van der Waals surface area contributed by atoms with Crippen molar-refractivity contribution in [2.45, 2.75) is 32.3 Å². The summed E-state index contributed by atoms with van der Waals surface area (Å²) in [5.74, 6) is 0.984. The first-order chi connectivity index (χ1) is 12.6. The zero-order chi connectivity index (χ0) is 18.4. The number of nitrogens with zero attached hydrogens (tertiary/aromatic N) is 3. The standard InChI is InChI=1S/C21H33N3O2/c1-18(25)16-22-11-13-23(14-12-22)17-21(26)24-9-7-20(8-10-24)15-19-5-3-2-4-6-19/h2-6,18,20,25H,7-17H2,1H3/t18-/m0/s1. The Morgan fingerprint density at radius 1 is 1.04 bits per heavy atom. The van der Waals surface area contributed by atoms with Crippen LogP contribution in [0, 0.1) is 5.92 Å². The summed E-state index contributed by atoms with van der Waals surface area (Å²) in [6.45, 7) is 8.64. The van der Waals surface area contributed by atoms with Crippen molar-refractivity contribution >= 4 is 5.91 Å². The van der Waals surface area contributed by atoms with E-state index in [2.05, 4.69) is 45.0 Å². The van der Waals surface area contributed by atoms with E-state index in [4.69, 9.17) is 0 Å². The van der Waals surface area contributed by atoms with Crippen LogP contribution in [-0.2, 0) is 11.2 Å². The summed E-state index contributed by atoms with van der Waals surface area (Å²) in [6.07, 6.45) is 3.08. The molecule has 144 valence electrons. The molecule has 2 aliphatic heterocycles. The first-order valence-electron chi connectivity index (χ1n) is 10.0. The van der Waals surface area contributed by atoms with Crippen molar-refractivity contribution in [3.63, 3.8) is 0 Å². The van der Waals surface area contributed by atoms with E-state index in [9.17, 15) is 9.90 Å². The molecule has 0 bridgehead atoms. The second kappa shape index (κ2) is 9.49. The molecule has 0 radical (unpaired) electrons. The lowest BCUT2D eigenvalue weighted by Crippen LogP contribution is -2.52. The number of likely N-dealkylation sites (tertiary alicyclic amines) is 1. The number of carbonyl (C=O) groups is 1. The molecule has 5 nitrogen and oxygen atoms in total. The molecule has 0 aliphatic carbocycles. The highest BCUT2D eigenvalue weighted by atomic mass is 16.3. The van der Waals surface area contributed by atoms with Crippen LogP contribution < -0.4 is 0 Å². The summed E-state index contributed by atoms with van der Waals surface area (Å²) in [5.41, 5.74) is 1.41. The number of hydrogen-bond donors (Lipinski definition) is 1. The lowest BCUT2D eigenvalue weighted by Gasteiger charge is -2.37. The maximum absolute atomic E-state index is 12.6. The van der Waals surface area contributed by atoms with Gasteiger partial charge in [-0.3, -0.25) is 14.6 Å². The summed E-state index contributed by atoms with van der Waals surface area (Å²) < 4.78 is 0. The van der Waals surface area contributed by atoms with E-state index in [-0.39, 0.29) is 12.0 Å². The first-order valence-corrected chi connectivity index (χ1v) is 10.0. The summed E-state index contributed by atoms with van der Waals surface area (Å²) in [7, 11) is 0. The smallest absolute Gasteiger partial charge is 0.236 e. The van der Waals surface area contributed by atoms with E-state index in [0.29, 0.717) is 12.5 Å². The van der Waals surface area contributed by atoms with E-state index in [0.717, 1.165) is 65.1 Å². The fourth-order valence-corrected chi connectivity index (χ4v) is 4.13. The molecule has 2 fully saturated rings. The highest BCUT2D eigenvalue weighted by Gasteiger charge is 2.25. The molecule has 2 aliphatic rings. The Morgan fingerprint density at radius 2 is 1.65 bits per heavy atom. The topological polar surface area (TPSA) is 47.0 Å². The lowest BCUT2D eigenvalue weighted by molar-refractivity contribution is -0.134. The molecule has 0 spiro atoms. The number of β-amino-alcohol motifs (C(OH)–C–C–N with tert-alkyl or cyclic N) is 1. The Labute approximate surface area is 157 Å². The highest BCUT2D eigenvalue weighted by molar-refractivity contribution is 5.78. The second-order valence-electron chi connectivity index (χ2n) is 7.94. The minimum atomic E-state index is -0.277. The predicted octanol–water partition coefficient (Wildman–Crippen LogP) is 1.47. The second-order valence-corrected chi connectivity index (χ2v) is 7.94. The fraction of sp³-hybridized carbons (Fsp3) is 0.667. The average Bonchev–Trinajstić information content (AvgIpc) is 2.64. The minimum Gasteiger partial charge on any atom is -0.392 e. The van der Waals surface area contributed by atoms with Gasteiger partial charge in [0.05, 0.1) is 12.6 Å². The Hall–Kier alpha value is -1.43. The van der Waals surface area contributed by atoms with Gasteiger partial charge in [0.1, 0.15) is 0 Å². The maximum atomic E-state index is 12.6. The van der Waals surface area contributed by atoms with Crippen LogP contribution in [0.4, 0.5) is 0 Å². The Balaban J connectivity index is 1.36. The number of piperazine rings is 1. The van der Waals surface area contributed by atoms with E-state index < -0.39 is 0 Å². The predicted molar refractivity (Wildman–Crippen MR) is 104 cm³/mol. The van der Waals surface area contributed by atoms with Crippen LogP contribution >= 0.6 is 0 Å². The molecular weight excluding hydrogens is 326 g/mol. The molecule has 2 heterocycles. The van der Waals surface area contributed by atoms with Crippen LogP contribution in [0.2, 0.25) is 0 Å². The van der Waals surface area contributed by atoms with Crippen LogP contribution in [0.5, 0.6) is 0 Å². The van der Waals surface area contributed by atoms with Gasteiger partial charge in [-0.15, -0.1) is 0 Å². The number of benzene rings is 1. The van der Waals surface area contributed by atoms with Gasteiger partial charge in [-0.1, -0.05) is 30.3 Å². The minimum absolute atomic E-state index is 0.277. The van der Waals surface area contributed by atoms with Gasteiger partial charge in [0, 0.05) is 45.8 Å². The molecule has 1 aromatic rings. The zero-order valence-electron chi connectivity index (χ0n) is 16.0. The molecule has 1 atom stereocenters. The third-order valence-electron chi connectivity index (χ3n) is 5.68. The van der Waals surface area contributed by atoms with Crippen LogP contribution in [0.1, 0.15) is 25.3 Å². The summed E-state index contributed by atoms with van der Waals surface area (Å²) in [6, 6.07) is 10.7. The molecule has 2 saturated heterocycles. The maximum Gasteiger partial charge on any atom is 0.236 e. The summed E-state index contributed by atoms with van der Waals surface area (Å²) in [4.78, 5) is 19.2. The van der Waals surface area contributed by atoms with Gasteiger partial charge >= 0.3 is 0 Å². The molecule has 1 amide bonds. The number of carbonyl (C=O) groups excluding carboxylic acids is 1. The van der Waals surface area contributed by atoms with Crippen LogP contribution in [0.3, 0.4) is 0 Å². The lowest BCUT2D eigenvalue weighted by atomic mass is 9.90. The van der Waals surface area contributed by atoms with E-state index in [1.807, 2.05) is 6.92 Å². The van der Waals surface area contributed by atoms with Crippen molar-refractivity contribution in [2.24, 2.45) is 5.92 Å². The van der Waals surface area contributed by atoms with Gasteiger partial charge in [0.25, 0.3) is 0 Å². The number of amides is 1. The molecule has 1 aromatic carbocycles. The monoisotopic (exact) mass is 359 g/mol. The molecule has 0 unspecified atom stereocenters. The molecule has 26 heavy (non-hydrogen) atoms. The van der Waals surface area contributed by atoms with Gasteiger partial charge in [-0.25, -0.2) is 0 Å². The van der Waals surface area contributed by atoms with Crippen molar-refractivity contribution in [1.29, 1.82) is 0 Å². The van der Waals surface area contributed by atoms with Crippen molar-refractivity contribution in [2.75, 3.05) is 52.4 Å². The van der Waals surface area contributed by atoms with Crippen molar-refractivity contribution < 1.29 is 9.90 Å². The van der Waals surface area contributed by atoms with Crippen molar-refractivity contribution in [1.82, 2.24) is 14.7 Å². The number of hydrogen-bond acceptors (Lipinski definition) is 4. The van der Waals surface area contributed by atoms with Gasteiger partial charge in [0.2, 0.25) is 5.91 Å². The SMILES string of the molecule is C[C@H](O)CN1CCN(CC(=O)N2CCC(Cc3ccccc3)CC2)CC1. The normalized spacial score (nSPS) is 21.7. The Kier molecular flexibility index (Phi) is 7.06. The first kappa shape index (κ1) is 19.3. The molecule has 0 saturated carbocycles. The molecule has 3 rings (SSSR count). The summed E-state index contributed by atoms with van der Waals surface area (Å²) >= 11 is 0. The third kappa shape index (κ3) is 5.79. The Morgan fingerprint density at radius 3 is 2.27 bits per heavy atom. The summed E-state index contributed by atoms with van der Waals surface area (Å²) in [5, 5.41) is 9.48. The Bertz CT molecular complexity index is 548. The van der Waals surface area contributed by atoms with Crippen LogP contribution in [0.25, 0.3) is 0 Å². The third-order valence-corrected chi connectivity index (χ3v) is 5.68. The molecular formula is C21H33N3O2. The van der Waals surface area contributed by atoms with Gasteiger partial charge in [-0.2, -0.15) is 0 Å². The van der Waals surface area contributed by atoms with Gasteiger partial charge < -0.3 is 10.0 Å². The van der Waals surface area contributed by atoms with Crippen molar-refractivity contribution in [3.8, 4) is 0 Å². The highest BCUT2D eigenvalue weighted by Crippen LogP contribution is 2.22. The van der Waals surface area contributed by atoms with Gasteiger partial charge in [-0.05, 0) is 37.7 Å². The van der Waals surface area contributed by atoms with Crippen molar-refractivity contribution in [3.05, 3.63) is 35.9 Å². The van der Waals surface area contributed by atoms with E-state index in [1.54, 1.807) is 0 Å².